The Kier molecular flexibility index (Phi) is 3.77. The molecule has 0 fully saturated rings. The third kappa shape index (κ3) is 2.32. The van der Waals surface area contributed by atoms with Crippen molar-refractivity contribution in [3.63, 3.8) is 0 Å². The van der Waals surface area contributed by atoms with E-state index in [1.807, 2.05) is 12.1 Å². The number of rotatable bonds is 2. The highest BCUT2D eigenvalue weighted by molar-refractivity contribution is 14.1. The summed E-state index contributed by atoms with van der Waals surface area (Å²) in [6.45, 7) is -0.0835. The Bertz CT molecular complexity index is 280. The Morgan fingerprint density at radius 2 is 2.25 bits per heavy atom. The summed E-state index contributed by atoms with van der Waals surface area (Å²) < 4.78 is 1.07. The van der Waals surface area contributed by atoms with Crippen molar-refractivity contribution in [2.45, 2.75) is 6.04 Å². The molecule has 3 N–H and O–H groups in total. The molecule has 0 aliphatic rings. The van der Waals surface area contributed by atoms with Gasteiger partial charge in [0.15, 0.2) is 0 Å². The topological polar surface area (TPSA) is 46.2 Å². The van der Waals surface area contributed by atoms with Crippen LogP contribution in [0.5, 0.6) is 0 Å². The molecule has 0 heterocycles. The molecule has 0 radical (unpaired) electrons. The van der Waals surface area contributed by atoms with E-state index in [0.29, 0.717) is 5.02 Å². The first-order valence-corrected chi connectivity index (χ1v) is 4.92. The van der Waals surface area contributed by atoms with E-state index in [2.05, 4.69) is 22.6 Å². The molecule has 0 amide bonds. The van der Waals surface area contributed by atoms with E-state index in [9.17, 15) is 0 Å². The van der Waals surface area contributed by atoms with Gasteiger partial charge in [0, 0.05) is 8.59 Å². The van der Waals surface area contributed by atoms with Crippen molar-refractivity contribution >= 4 is 34.2 Å². The third-order valence-corrected chi connectivity index (χ3v) is 2.57. The maximum atomic E-state index is 8.82. The summed E-state index contributed by atoms with van der Waals surface area (Å²) in [5.41, 5.74) is 6.42. The number of aliphatic hydroxyl groups is 1. The number of aliphatic hydroxyl groups excluding tert-OH is 1. The zero-order valence-electron chi connectivity index (χ0n) is 6.30. The van der Waals surface area contributed by atoms with Crippen molar-refractivity contribution in [3.8, 4) is 0 Å². The first kappa shape index (κ1) is 10.2. The lowest BCUT2D eigenvalue weighted by molar-refractivity contribution is 0.268. The van der Waals surface area contributed by atoms with Crippen molar-refractivity contribution in [1.82, 2.24) is 0 Å². The van der Waals surface area contributed by atoms with Crippen LogP contribution in [0, 0.1) is 3.57 Å². The van der Waals surface area contributed by atoms with Crippen LogP contribution in [0.25, 0.3) is 0 Å². The summed E-state index contributed by atoms with van der Waals surface area (Å²) >= 11 is 8.05. The van der Waals surface area contributed by atoms with Gasteiger partial charge < -0.3 is 10.8 Å². The Hall–Kier alpha value is 0.160. The summed E-state index contributed by atoms with van der Waals surface area (Å²) in [6, 6.07) is 5.18. The molecule has 12 heavy (non-hydrogen) atoms. The zero-order valence-corrected chi connectivity index (χ0v) is 9.21. The summed E-state index contributed by atoms with van der Waals surface area (Å²) in [6.07, 6.45) is 0. The van der Waals surface area contributed by atoms with E-state index in [1.165, 1.54) is 0 Å². The number of hydrogen-bond donors (Lipinski definition) is 2. The van der Waals surface area contributed by atoms with Crippen molar-refractivity contribution in [1.29, 1.82) is 0 Å². The van der Waals surface area contributed by atoms with Crippen LogP contribution in [0.3, 0.4) is 0 Å². The lowest BCUT2D eigenvalue weighted by Gasteiger charge is -2.10. The number of halogens is 2. The van der Waals surface area contributed by atoms with Crippen LogP contribution < -0.4 is 5.73 Å². The standard InChI is InChI=1S/C8H9ClINO/c9-7-2-1-5(10)3-6(7)8(11)4-12/h1-3,8,12H,4,11H2/t8-/m1/s1. The minimum absolute atomic E-state index is 0.0835. The van der Waals surface area contributed by atoms with Gasteiger partial charge in [0.25, 0.3) is 0 Å². The molecule has 0 aliphatic heterocycles. The molecule has 66 valence electrons. The average molecular weight is 298 g/mol. The Morgan fingerprint density at radius 3 is 2.83 bits per heavy atom. The molecule has 2 nitrogen and oxygen atoms in total. The predicted molar refractivity (Wildman–Crippen MR) is 58.2 cm³/mol. The van der Waals surface area contributed by atoms with Crippen LogP contribution >= 0.6 is 34.2 Å². The molecule has 4 heteroatoms. The largest absolute Gasteiger partial charge is 0.394 e. The molecule has 0 aliphatic carbocycles. The maximum Gasteiger partial charge on any atom is 0.0624 e. The molecule has 1 rings (SSSR count). The molecular formula is C8H9ClINO. The normalized spacial score (nSPS) is 13.0. The van der Waals surface area contributed by atoms with Gasteiger partial charge in [0.05, 0.1) is 12.6 Å². The summed E-state index contributed by atoms with van der Waals surface area (Å²) in [7, 11) is 0. The third-order valence-electron chi connectivity index (χ3n) is 1.55. The maximum absolute atomic E-state index is 8.82. The van der Waals surface area contributed by atoms with Crippen LogP contribution in [0.2, 0.25) is 5.02 Å². The van der Waals surface area contributed by atoms with Crippen molar-refractivity contribution in [3.05, 3.63) is 32.4 Å². The molecular weight excluding hydrogens is 288 g/mol. The summed E-state index contributed by atoms with van der Waals surface area (Å²) in [5.74, 6) is 0. The van der Waals surface area contributed by atoms with Crippen LogP contribution in [-0.2, 0) is 0 Å². The van der Waals surface area contributed by atoms with E-state index < -0.39 is 0 Å². The molecule has 1 aromatic carbocycles. The second kappa shape index (κ2) is 4.41. The minimum Gasteiger partial charge on any atom is -0.394 e. The SMILES string of the molecule is N[C@H](CO)c1cc(I)ccc1Cl. The fourth-order valence-electron chi connectivity index (χ4n) is 0.897. The van der Waals surface area contributed by atoms with E-state index in [0.717, 1.165) is 9.13 Å². The summed E-state index contributed by atoms with van der Waals surface area (Å²) in [4.78, 5) is 0. The van der Waals surface area contributed by atoms with Crippen LogP contribution in [0.1, 0.15) is 11.6 Å². The van der Waals surface area contributed by atoms with E-state index in [1.54, 1.807) is 6.07 Å². The Morgan fingerprint density at radius 1 is 1.58 bits per heavy atom. The van der Waals surface area contributed by atoms with E-state index >= 15 is 0 Å². The number of hydrogen-bond acceptors (Lipinski definition) is 2. The fraction of sp³-hybridized carbons (Fsp3) is 0.250. The predicted octanol–water partition coefficient (Wildman–Crippen LogP) is 1.94. The molecule has 0 aromatic heterocycles. The van der Waals surface area contributed by atoms with Gasteiger partial charge in [0.2, 0.25) is 0 Å². The quantitative estimate of drug-likeness (QED) is 0.820. The van der Waals surface area contributed by atoms with Crippen LogP contribution in [0.4, 0.5) is 0 Å². The molecule has 0 bridgehead atoms. The molecule has 1 atom stereocenters. The average Bonchev–Trinajstić information content (AvgIpc) is 2.08. The Balaban J connectivity index is 3.04. The van der Waals surface area contributed by atoms with Crippen molar-refractivity contribution in [2.24, 2.45) is 5.73 Å². The molecule has 0 spiro atoms. The monoisotopic (exact) mass is 297 g/mol. The van der Waals surface area contributed by atoms with Gasteiger partial charge in [-0.05, 0) is 46.4 Å². The first-order chi connectivity index (χ1) is 5.65. The van der Waals surface area contributed by atoms with Gasteiger partial charge in [-0.2, -0.15) is 0 Å². The Labute approximate surface area is 89.9 Å². The van der Waals surface area contributed by atoms with Gasteiger partial charge in [-0.1, -0.05) is 11.6 Å². The minimum atomic E-state index is -0.382. The second-order valence-corrected chi connectivity index (χ2v) is 4.11. The van der Waals surface area contributed by atoms with E-state index in [-0.39, 0.29) is 12.6 Å². The molecule has 0 saturated heterocycles. The molecule has 0 saturated carbocycles. The number of benzene rings is 1. The summed E-state index contributed by atoms with van der Waals surface area (Å²) in [5, 5.41) is 9.43. The van der Waals surface area contributed by atoms with Gasteiger partial charge >= 0.3 is 0 Å². The lowest BCUT2D eigenvalue weighted by Crippen LogP contribution is -2.14. The zero-order chi connectivity index (χ0) is 9.14. The number of nitrogens with two attached hydrogens (primary N) is 1. The first-order valence-electron chi connectivity index (χ1n) is 3.46. The van der Waals surface area contributed by atoms with Gasteiger partial charge in [-0.25, -0.2) is 0 Å². The fourth-order valence-corrected chi connectivity index (χ4v) is 1.67. The van der Waals surface area contributed by atoms with E-state index in [4.69, 9.17) is 22.4 Å². The van der Waals surface area contributed by atoms with Crippen LogP contribution in [0.15, 0.2) is 18.2 Å². The van der Waals surface area contributed by atoms with Crippen molar-refractivity contribution in [2.75, 3.05) is 6.61 Å². The smallest absolute Gasteiger partial charge is 0.0624 e. The highest BCUT2D eigenvalue weighted by Gasteiger charge is 2.08. The van der Waals surface area contributed by atoms with Crippen LogP contribution in [-0.4, -0.2) is 11.7 Å². The molecule has 0 unspecified atom stereocenters. The lowest BCUT2D eigenvalue weighted by atomic mass is 10.1. The van der Waals surface area contributed by atoms with Gasteiger partial charge in [-0.3, -0.25) is 0 Å². The highest BCUT2D eigenvalue weighted by atomic mass is 127. The van der Waals surface area contributed by atoms with Gasteiger partial charge in [-0.15, -0.1) is 0 Å². The molecule has 1 aromatic rings. The highest BCUT2D eigenvalue weighted by Crippen LogP contribution is 2.23. The second-order valence-electron chi connectivity index (χ2n) is 2.45. The van der Waals surface area contributed by atoms with Gasteiger partial charge in [0.1, 0.15) is 0 Å². The van der Waals surface area contributed by atoms with Crippen molar-refractivity contribution < 1.29 is 5.11 Å².